The standard InChI is InChI=1S/C11H22O3/c1-4-5-6-7-8-10-9-13-11(2,12-3)14-10/h10H,4-9H2,1-3H3/t10-,11?/m1/s1. The Bertz CT molecular complexity index is 161. The fourth-order valence-corrected chi connectivity index (χ4v) is 1.66. The summed E-state index contributed by atoms with van der Waals surface area (Å²) in [6, 6.07) is 0. The summed E-state index contributed by atoms with van der Waals surface area (Å²) in [5, 5.41) is 0. The summed E-state index contributed by atoms with van der Waals surface area (Å²) in [6.45, 7) is 4.70. The molecule has 3 heteroatoms. The van der Waals surface area contributed by atoms with E-state index >= 15 is 0 Å². The second kappa shape index (κ2) is 5.69. The molecule has 0 aromatic carbocycles. The van der Waals surface area contributed by atoms with Gasteiger partial charge in [-0.3, -0.25) is 0 Å². The van der Waals surface area contributed by atoms with Crippen LogP contribution in [-0.2, 0) is 14.2 Å². The third-order valence-electron chi connectivity index (χ3n) is 2.66. The molecule has 0 spiro atoms. The molecule has 0 aromatic heterocycles. The Labute approximate surface area is 86.7 Å². The maximum Gasteiger partial charge on any atom is 0.280 e. The second-order valence-corrected chi connectivity index (χ2v) is 3.97. The minimum atomic E-state index is -0.796. The van der Waals surface area contributed by atoms with Crippen molar-refractivity contribution in [2.75, 3.05) is 13.7 Å². The molecular weight excluding hydrogens is 180 g/mol. The van der Waals surface area contributed by atoms with Gasteiger partial charge in [-0.2, -0.15) is 0 Å². The number of methoxy groups -OCH3 is 1. The van der Waals surface area contributed by atoms with Gasteiger partial charge in [-0.05, 0) is 6.42 Å². The minimum absolute atomic E-state index is 0.219. The van der Waals surface area contributed by atoms with Crippen LogP contribution >= 0.6 is 0 Å². The maximum atomic E-state index is 5.63. The largest absolute Gasteiger partial charge is 0.331 e. The van der Waals surface area contributed by atoms with E-state index < -0.39 is 5.97 Å². The molecule has 1 aliphatic heterocycles. The average molecular weight is 202 g/mol. The third kappa shape index (κ3) is 3.56. The highest BCUT2D eigenvalue weighted by Gasteiger charge is 2.36. The molecule has 0 aliphatic carbocycles. The van der Waals surface area contributed by atoms with Gasteiger partial charge in [0.2, 0.25) is 0 Å². The topological polar surface area (TPSA) is 27.7 Å². The molecule has 1 unspecified atom stereocenters. The van der Waals surface area contributed by atoms with Crippen molar-refractivity contribution >= 4 is 0 Å². The Kier molecular flexibility index (Phi) is 4.85. The molecule has 1 rings (SSSR count). The van der Waals surface area contributed by atoms with E-state index in [1.54, 1.807) is 7.11 Å². The van der Waals surface area contributed by atoms with Gasteiger partial charge in [0, 0.05) is 14.0 Å². The van der Waals surface area contributed by atoms with Gasteiger partial charge in [-0.15, -0.1) is 0 Å². The highest BCUT2D eigenvalue weighted by molar-refractivity contribution is 4.67. The number of hydrogen-bond donors (Lipinski definition) is 0. The van der Waals surface area contributed by atoms with E-state index in [2.05, 4.69) is 6.92 Å². The van der Waals surface area contributed by atoms with Crippen LogP contribution in [-0.4, -0.2) is 25.8 Å². The van der Waals surface area contributed by atoms with Gasteiger partial charge in [0.25, 0.3) is 5.97 Å². The highest BCUT2D eigenvalue weighted by Crippen LogP contribution is 2.26. The Morgan fingerprint density at radius 3 is 2.71 bits per heavy atom. The molecule has 2 atom stereocenters. The van der Waals surface area contributed by atoms with E-state index in [9.17, 15) is 0 Å². The normalized spacial score (nSPS) is 32.4. The smallest absolute Gasteiger partial charge is 0.280 e. The Morgan fingerprint density at radius 1 is 1.36 bits per heavy atom. The van der Waals surface area contributed by atoms with Gasteiger partial charge in [0.15, 0.2) is 0 Å². The lowest BCUT2D eigenvalue weighted by molar-refractivity contribution is -0.313. The van der Waals surface area contributed by atoms with E-state index in [0.717, 1.165) is 6.42 Å². The Morgan fingerprint density at radius 2 is 2.14 bits per heavy atom. The quantitative estimate of drug-likeness (QED) is 0.620. The molecule has 3 nitrogen and oxygen atoms in total. The first-order chi connectivity index (χ1) is 6.70. The lowest BCUT2D eigenvalue weighted by Crippen LogP contribution is -2.28. The van der Waals surface area contributed by atoms with Gasteiger partial charge in [0.05, 0.1) is 12.7 Å². The first-order valence-corrected chi connectivity index (χ1v) is 5.57. The number of ether oxygens (including phenoxy) is 3. The summed E-state index contributed by atoms with van der Waals surface area (Å²) in [4.78, 5) is 0. The predicted octanol–water partition coefficient (Wildman–Crippen LogP) is 2.69. The van der Waals surface area contributed by atoms with E-state index in [1.807, 2.05) is 6.92 Å². The summed E-state index contributed by atoms with van der Waals surface area (Å²) in [6.07, 6.45) is 6.41. The summed E-state index contributed by atoms with van der Waals surface area (Å²) in [5.74, 6) is -0.796. The van der Waals surface area contributed by atoms with E-state index in [-0.39, 0.29) is 6.10 Å². The first-order valence-electron chi connectivity index (χ1n) is 5.57. The van der Waals surface area contributed by atoms with Crippen molar-refractivity contribution in [2.24, 2.45) is 0 Å². The monoisotopic (exact) mass is 202 g/mol. The Hall–Kier alpha value is -0.120. The third-order valence-corrected chi connectivity index (χ3v) is 2.66. The number of rotatable bonds is 6. The molecule has 0 saturated carbocycles. The van der Waals surface area contributed by atoms with Gasteiger partial charge in [-0.25, -0.2) is 0 Å². The van der Waals surface area contributed by atoms with Crippen molar-refractivity contribution in [1.29, 1.82) is 0 Å². The van der Waals surface area contributed by atoms with Crippen molar-refractivity contribution in [3.63, 3.8) is 0 Å². The van der Waals surface area contributed by atoms with Gasteiger partial charge in [0.1, 0.15) is 0 Å². The highest BCUT2D eigenvalue weighted by atomic mass is 16.9. The van der Waals surface area contributed by atoms with Gasteiger partial charge >= 0.3 is 0 Å². The van der Waals surface area contributed by atoms with Gasteiger partial charge in [-0.1, -0.05) is 32.6 Å². The molecule has 1 saturated heterocycles. The van der Waals surface area contributed by atoms with Crippen LogP contribution in [0.2, 0.25) is 0 Å². The molecule has 1 heterocycles. The van der Waals surface area contributed by atoms with E-state index in [0.29, 0.717) is 6.61 Å². The molecule has 0 radical (unpaired) electrons. The van der Waals surface area contributed by atoms with Crippen molar-refractivity contribution < 1.29 is 14.2 Å². The summed E-state index contributed by atoms with van der Waals surface area (Å²) in [7, 11) is 1.61. The fourth-order valence-electron chi connectivity index (χ4n) is 1.66. The SMILES string of the molecule is CCCCCC[C@@H]1COC(C)(OC)O1. The molecule has 0 bridgehead atoms. The zero-order valence-corrected chi connectivity index (χ0v) is 9.54. The van der Waals surface area contributed by atoms with Crippen LogP contribution in [0.5, 0.6) is 0 Å². The number of hydrogen-bond acceptors (Lipinski definition) is 3. The summed E-state index contributed by atoms with van der Waals surface area (Å²) in [5.41, 5.74) is 0. The van der Waals surface area contributed by atoms with Crippen molar-refractivity contribution in [1.82, 2.24) is 0 Å². The van der Waals surface area contributed by atoms with Crippen molar-refractivity contribution in [2.45, 2.75) is 58.0 Å². The van der Waals surface area contributed by atoms with Gasteiger partial charge < -0.3 is 14.2 Å². The summed E-state index contributed by atoms with van der Waals surface area (Å²) >= 11 is 0. The predicted molar refractivity (Wildman–Crippen MR) is 55.0 cm³/mol. The van der Waals surface area contributed by atoms with Crippen molar-refractivity contribution in [3.05, 3.63) is 0 Å². The van der Waals surface area contributed by atoms with Crippen molar-refractivity contribution in [3.8, 4) is 0 Å². The lowest BCUT2D eigenvalue weighted by Gasteiger charge is -2.20. The minimum Gasteiger partial charge on any atom is -0.331 e. The van der Waals surface area contributed by atoms with E-state index in [4.69, 9.17) is 14.2 Å². The van der Waals surface area contributed by atoms with Crippen LogP contribution in [0.4, 0.5) is 0 Å². The van der Waals surface area contributed by atoms with Crippen LogP contribution < -0.4 is 0 Å². The molecule has 84 valence electrons. The fraction of sp³-hybridized carbons (Fsp3) is 1.00. The second-order valence-electron chi connectivity index (χ2n) is 3.97. The zero-order chi connectivity index (χ0) is 10.4. The summed E-state index contributed by atoms with van der Waals surface area (Å²) < 4.78 is 16.2. The zero-order valence-electron chi connectivity index (χ0n) is 9.54. The molecular formula is C11H22O3. The lowest BCUT2D eigenvalue weighted by atomic mass is 10.1. The first kappa shape index (κ1) is 12.0. The van der Waals surface area contributed by atoms with Crippen LogP contribution in [0.3, 0.4) is 0 Å². The Balaban J connectivity index is 2.10. The van der Waals surface area contributed by atoms with Crippen LogP contribution in [0.15, 0.2) is 0 Å². The molecule has 0 N–H and O–H groups in total. The van der Waals surface area contributed by atoms with Crippen LogP contribution in [0.1, 0.15) is 46.0 Å². The molecule has 1 fully saturated rings. The van der Waals surface area contributed by atoms with E-state index in [1.165, 1.54) is 25.7 Å². The average Bonchev–Trinajstić information content (AvgIpc) is 2.56. The van der Waals surface area contributed by atoms with Crippen LogP contribution in [0, 0.1) is 0 Å². The molecule has 14 heavy (non-hydrogen) atoms. The molecule has 1 aliphatic rings. The number of unbranched alkanes of at least 4 members (excludes halogenated alkanes) is 3. The molecule has 0 amide bonds. The maximum absolute atomic E-state index is 5.63. The van der Waals surface area contributed by atoms with Crippen LogP contribution in [0.25, 0.3) is 0 Å². The molecule has 0 aromatic rings.